The van der Waals surface area contributed by atoms with Crippen LogP contribution in [0, 0.1) is 0 Å². The van der Waals surface area contributed by atoms with Crippen molar-refractivity contribution in [3.05, 3.63) is 36.8 Å². The van der Waals surface area contributed by atoms with Gasteiger partial charge in [-0.25, -0.2) is 15.3 Å². The van der Waals surface area contributed by atoms with E-state index in [0.717, 1.165) is 16.8 Å². The Morgan fingerprint density at radius 1 is 0.706 bits per heavy atom. The minimum absolute atomic E-state index is 0. The third kappa shape index (κ3) is 2.18. The van der Waals surface area contributed by atoms with E-state index in [1.807, 2.05) is 36.8 Å². The minimum atomic E-state index is -0.969. The van der Waals surface area contributed by atoms with E-state index in [-0.39, 0.29) is 17.1 Å². The second kappa shape index (κ2) is 5.03. The molecular weight excluding hydrogens is 266 g/mol. The Morgan fingerprint density at radius 2 is 1.06 bits per heavy atom. The van der Waals surface area contributed by atoms with Gasteiger partial charge in [0.1, 0.15) is 6.71 Å². The van der Waals surface area contributed by atoms with E-state index in [4.69, 9.17) is 0 Å². The minimum Gasteiger partial charge on any atom is -0.289 e. The molecule has 3 N–H and O–H groups in total. The quantitative estimate of drug-likeness (QED) is 0.489. The van der Waals surface area contributed by atoms with E-state index < -0.39 is 6.71 Å². The molecule has 6 nitrogen and oxygen atoms in total. The average molecular weight is 277 g/mol. The fourth-order valence-electron chi connectivity index (χ4n) is 2.02. The number of hydrogen-bond acceptors (Lipinski definition) is 3. The van der Waals surface area contributed by atoms with Gasteiger partial charge in [-0.1, -0.05) is 35.0 Å². The molecule has 90 valence electrons. The molecule has 0 aromatic carbocycles. The molecule has 0 aliphatic heterocycles. The molecule has 3 aromatic rings. The van der Waals surface area contributed by atoms with Crippen LogP contribution in [0.1, 0.15) is 0 Å². The molecule has 0 atom stereocenters. The van der Waals surface area contributed by atoms with E-state index in [9.17, 15) is 0 Å². The molecule has 8 heteroatoms. The van der Waals surface area contributed by atoms with Gasteiger partial charge in [0.05, 0.1) is 0 Å². The Kier molecular flexibility index (Phi) is 3.46. The topological polar surface area (TPSA) is 86.0 Å². The van der Waals surface area contributed by atoms with Crippen molar-refractivity contribution in [1.82, 2.24) is 30.6 Å². The van der Waals surface area contributed by atoms with E-state index in [0.29, 0.717) is 0 Å². The first-order valence-electron chi connectivity index (χ1n) is 5.13. The molecule has 0 fully saturated rings. The molecule has 0 saturated heterocycles. The summed E-state index contributed by atoms with van der Waals surface area (Å²) < 4.78 is 0. The Bertz CT molecular complexity index is 451. The molecule has 0 amide bonds. The van der Waals surface area contributed by atoms with Gasteiger partial charge in [0, 0.05) is 18.6 Å². The largest absolute Gasteiger partial charge is 1.00 e. The Hall–Kier alpha value is -1.79. The van der Waals surface area contributed by atoms with Gasteiger partial charge in [0.25, 0.3) is 0 Å². The molecule has 0 aliphatic carbocycles. The van der Waals surface area contributed by atoms with Gasteiger partial charge in [-0.3, -0.25) is 15.3 Å². The van der Waals surface area contributed by atoms with Crippen molar-refractivity contribution in [3.8, 4) is 0 Å². The van der Waals surface area contributed by atoms with Gasteiger partial charge in [-0.15, -0.1) is 0 Å². The zero-order valence-corrected chi connectivity index (χ0v) is 9.76. The second-order valence-electron chi connectivity index (χ2n) is 3.73. The number of nitrogens with one attached hydrogen (secondary N) is 3. The van der Waals surface area contributed by atoms with E-state index >= 15 is 0 Å². The van der Waals surface area contributed by atoms with Crippen molar-refractivity contribution in [2.75, 3.05) is 0 Å². The van der Waals surface area contributed by atoms with Gasteiger partial charge in [-0.05, 0) is 0 Å². The van der Waals surface area contributed by atoms with E-state index in [1.165, 1.54) is 0 Å². The Labute approximate surface area is 108 Å². The maximum Gasteiger partial charge on any atom is 1.00 e. The van der Waals surface area contributed by atoms with Gasteiger partial charge >= 0.3 is 17.1 Å². The summed E-state index contributed by atoms with van der Waals surface area (Å²) in [4.78, 5) is 0. The molecule has 3 heterocycles. The molecule has 0 radical (unpaired) electrons. The van der Waals surface area contributed by atoms with Gasteiger partial charge < -0.3 is 0 Å². The zero-order valence-electron chi connectivity index (χ0n) is 8.81. The third-order valence-electron chi connectivity index (χ3n) is 2.76. The van der Waals surface area contributed by atoms with Crippen LogP contribution in [0.5, 0.6) is 0 Å². The molecule has 0 saturated carbocycles. The van der Waals surface area contributed by atoms with Crippen LogP contribution in [0.3, 0.4) is 0 Å². The van der Waals surface area contributed by atoms with Crippen LogP contribution >= 0.6 is 0 Å². The van der Waals surface area contributed by atoms with Crippen LogP contribution in [0.15, 0.2) is 36.8 Å². The van der Waals surface area contributed by atoms with E-state index in [2.05, 4.69) is 30.6 Å². The standard InChI is InChI=1S/C9H10BN6.Cu/c1-4-11-14-7(1)10(8-2-5-12-15-8)9-3-6-13-16-9;/h1-6,10H,(H,11,14)(H,12,15)(H,13,16);/q-1;+1. The predicted octanol–water partition coefficient (Wildman–Crippen LogP) is -1.90. The maximum atomic E-state index is 4.23. The first-order valence-corrected chi connectivity index (χ1v) is 5.13. The van der Waals surface area contributed by atoms with Crippen LogP contribution in [0.4, 0.5) is 0 Å². The summed E-state index contributed by atoms with van der Waals surface area (Å²) in [5.41, 5.74) is 2.96. The number of aromatic amines is 3. The van der Waals surface area contributed by atoms with Crippen LogP contribution in [-0.2, 0) is 17.1 Å². The van der Waals surface area contributed by atoms with E-state index in [1.54, 1.807) is 0 Å². The monoisotopic (exact) mass is 276 g/mol. The fraction of sp³-hybridized carbons (Fsp3) is 0. The Morgan fingerprint density at radius 3 is 1.29 bits per heavy atom. The number of hydrogen-bond donors (Lipinski definition) is 3. The number of H-pyrrole nitrogens is 3. The van der Waals surface area contributed by atoms with Gasteiger partial charge in [0.15, 0.2) is 0 Å². The molecule has 0 aliphatic rings. The predicted molar refractivity (Wildman–Crippen MR) is 61.8 cm³/mol. The Balaban J connectivity index is 0.00000108. The normalized spacial score (nSPS) is 10.4. The molecule has 17 heavy (non-hydrogen) atoms. The summed E-state index contributed by atoms with van der Waals surface area (Å²) in [5.74, 6) is 0. The van der Waals surface area contributed by atoms with Crippen LogP contribution in [0.2, 0.25) is 0 Å². The number of nitrogens with zero attached hydrogens (tertiary/aromatic N) is 3. The number of rotatable bonds is 3. The van der Waals surface area contributed by atoms with Gasteiger partial charge in [-0.2, -0.15) is 0 Å². The van der Waals surface area contributed by atoms with Crippen molar-refractivity contribution < 1.29 is 17.1 Å². The summed E-state index contributed by atoms with van der Waals surface area (Å²) in [6.45, 7) is -0.969. The maximum absolute atomic E-state index is 4.23. The fourth-order valence-corrected chi connectivity index (χ4v) is 2.02. The first-order chi connectivity index (χ1) is 7.95. The van der Waals surface area contributed by atoms with Crippen LogP contribution < -0.4 is 16.8 Å². The average Bonchev–Trinajstić information content (AvgIpc) is 3.02. The molecular formula is C9H10BCuN6. The van der Waals surface area contributed by atoms with Crippen molar-refractivity contribution in [3.63, 3.8) is 0 Å². The zero-order chi connectivity index (χ0) is 10.8. The van der Waals surface area contributed by atoms with Crippen molar-refractivity contribution in [1.29, 1.82) is 0 Å². The first kappa shape index (κ1) is 11.7. The summed E-state index contributed by atoms with van der Waals surface area (Å²) in [6, 6.07) is 5.88. The van der Waals surface area contributed by atoms with Crippen molar-refractivity contribution in [2.45, 2.75) is 0 Å². The molecule has 3 aromatic heterocycles. The second-order valence-corrected chi connectivity index (χ2v) is 3.73. The smallest absolute Gasteiger partial charge is 0.289 e. The van der Waals surface area contributed by atoms with Crippen molar-refractivity contribution >= 4 is 23.5 Å². The number of aromatic nitrogens is 6. The summed E-state index contributed by atoms with van der Waals surface area (Å²) in [6.07, 6.45) is 5.44. The summed E-state index contributed by atoms with van der Waals surface area (Å²) in [5, 5.41) is 21.2. The van der Waals surface area contributed by atoms with Crippen LogP contribution in [-0.4, -0.2) is 37.3 Å². The molecule has 3 rings (SSSR count). The summed E-state index contributed by atoms with van der Waals surface area (Å²) in [7, 11) is 0. The molecule has 0 unspecified atom stereocenters. The SMILES string of the molecule is [Cu+].c1cc([BH-](c2cc[nH]n2)c2cc[nH]n2)n[nH]1. The van der Waals surface area contributed by atoms with Crippen LogP contribution in [0.25, 0.3) is 0 Å². The van der Waals surface area contributed by atoms with Gasteiger partial charge in [0.2, 0.25) is 0 Å². The summed E-state index contributed by atoms with van der Waals surface area (Å²) >= 11 is 0. The third-order valence-corrected chi connectivity index (χ3v) is 2.76. The van der Waals surface area contributed by atoms with Crippen molar-refractivity contribution in [2.24, 2.45) is 0 Å². The molecule has 0 spiro atoms. The molecule has 0 bridgehead atoms.